The van der Waals surface area contributed by atoms with Crippen LogP contribution in [0.15, 0.2) is 36.4 Å². The van der Waals surface area contributed by atoms with E-state index < -0.39 is 0 Å². The molecule has 0 bridgehead atoms. The van der Waals surface area contributed by atoms with Crippen LogP contribution in [-0.4, -0.2) is 6.54 Å². The summed E-state index contributed by atoms with van der Waals surface area (Å²) < 4.78 is 0. The van der Waals surface area contributed by atoms with Crippen LogP contribution in [0.5, 0.6) is 0 Å². The average molecular weight is 302 g/mol. The Morgan fingerprint density at radius 3 is 2.52 bits per heavy atom. The number of nitrogens with one attached hydrogen (secondary N) is 1. The minimum atomic E-state index is 0.357. The molecule has 2 rings (SSSR count). The number of aryl methyl sites for hydroxylation is 2. The molecule has 2 heteroatoms. The molecule has 1 N–H and O–H groups in total. The van der Waals surface area contributed by atoms with Gasteiger partial charge in [0.2, 0.25) is 0 Å². The second kappa shape index (κ2) is 7.11. The molecular weight excluding hydrogens is 278 g/mol. The minimum Gasteiger partial charge on any atom is -0.310 e. The van der Waals surface area contributed by atoms with Gasteiger partial charge in [0.1, 0.15) is 0 Å². The lowest BCUT2D eigenvalue weighted by Gasteiger charge is -2.16. The number of halogens is 1. The second-order valence-corrected chi connectivity index (χ2v) is 6.12. The fraction of sp³-hybridized carbons (Fsp3) is 0.368. The van der Waals surface area contributed by atoms with Crippen molar-refractivity contribution in [1.82, 2.24) is 5.32 Å². The second-order valence-electron chi connectivity index (χ2n) is 5.72. The van der Waals surface area contributed by atoms with E-state index >= 15 is 0 Å². The van der Waals surface area contributed by atoms with Gasteiger partial charge in [0.05, 0.1) is 0 Å². The van der Waals surface area contributed by atoms with Crippen LogP contribution in [-0.2, 0) is 0 Å². The molecule has 2 aromatic carbocycles. The van der Waals surface area contributed by atoms with Crippen LogP contribution in [0.2, 0.25) is 5.02 Å². The highest BCUT2D eigenvalue weighted by atomic mass is 35.5. The molecule has 0 aromatic heterocycles. The lowest BCUT2D eigenvalue weighted by molar-refractivity contribution is 0.571. The summed E-state index contributed by atoms with van der Waals surface area (Å²) in [5.74, 6) is 0. The molecule has 2 aromatic rings. The molecule has 1 nitrogen and oxygen atoms in total. The Hall–Kier alpha value is -1.31. The van der Waals surface area contributed by atoms with Crippen LogP contribution in [0, 0.1) is 13.8 Å². The monoisotopic (exact) mass is 301 g/mol. The maximum atomic E-state index is 6.44. The summed E-state index contributed by atoms with van der Waals surface area (Å²) in [6, 6.07) is 13.2. The standard InChI is InChI=1S/C19H24ClN/c1-5-9-21-15(4)16-7-6-8-17(12-16)18-10-13(2)14(3)11-19(18)20/h6-8,10-12,15,21H,5,9H2,1-4H3. The van der Waals surface area contributed by atoms with Crippen molar-refractivity contribution in [3.05, 3.63) is 58.1 Å². The number of hydrogen-bond donors (Lipinski definition) is 1. The predicted octanol–water partition coefficient (Wildman–Crippen LogP) is 5.68. The van der Waals surface area contributed by atoms with E-state index in [2.05, 4.69) is 69.4 Å². The first-order chi connectivity index (χ1) is 10.0. The summed E-state index contributed by atoms with van der Waals surface area (Å²) in [6.45, 7) is 9.65. The van der Waals surface area contributed by atoms with E-state index in [1.807, 2.05) is 0 Å². The molecule has 0 saturated heterocycles. The molecular formula is C19H24ClN. The highest BCUT2D eigenvalue weighted by molar-refractivity contribution is 6.33. The molecule has 21 heavy (non-hydrogen) atoms. The van der Waals surface area contributed by atoms with Crippen molar-refractivity contribution < 1.29 is 0 Å². The molecule has 0 fully saturated rings. The Kier molecular flexibility index (Phi) is 5.44. The van der Waals surface area contributed by atoms with Gasteiger partial charge in [-0.1, -0.05) is 36.7 Å². The van der Waals surface area contributed by atoms with Crippen LogP contribution < -0.4 is 5.32 Å². The lowest BCUT2D eigenvalue weighted by Crippen LogP contribution is -2.19. The predicted molar refractivity (Wildman–Crippen MR) is 93.1 cm³/mol. The van der Waals surface area contributed by atoms with E-state index in [0.29, 0.717) is 6.04 Å². The van der Waals surface area contributed by atoms with Crippen LogP contribution in [0.25, 0.3) is 11.1 Å². The average Bonchev–Trinajstić information content (AvgIpc) is 2.48. The van der Waals surface area contributed by atoms with Crippen molar-refractivity contribution in [2.24, 2.45) is 0 Å². The van der Waals surface area contributed by atoms with Gasteiger partial charge in [0, 0.05) is 16.6 Å². The summed E-state index contributed by atoms with van der Waals surface area (Å²) >= 11 is 6.44. The Labute approximate surface area is 133 Å². The van der Waals surface area contributed by atoms with Crippen LogP contribution in [0.1, 0.15) is 43.0 Å². The molecule has 112 valence electrons. The molecule has 0 saturated carbocycles. The molecule has 0 aliphatic rings. The topological polar surface area (TPSA) is 12.0 Å². The van der Waals surface area contributed by atoms with Crippen LogP contribution in [0.4, 0.5) is 0 Å². The van der Waals surface area contributed by atoms with Gasteiger partial charge in [-0.3, -0.25) is 0 Å². The fourth-order valence-corrected chi connectivity index (χ4v) is 2.78. The summed E-state index contributed by atoms with van der Waals surface area (Å²) in [7, 11) is 0. The van der Waals surface area contributed by atoms with Gasteiger partial charge in [-0.25, -0.2) is 0 Å². The van der Waals surface area contributed by atoms with Crippen molar-refractivity contribution in [3.63, 3.8) is 0 Å². The van der Waals surface area contributed by atoms with Gasteiger partial charge in [0.25, 0.3) is 0 Å². The van der Waals surface area contributed by atoms with Gasteiger partial charge >= 0.3 is 0 Å². The van der Waals surface area contributed by atoms with Gasteiger partial charge < -0.3 is 5.32 Å². The van der Waals surface area contributed by atoms with E-state index in [-0.39, 0.29) is 0 Å². The Morgan fingerprint density at radius 2 is 1.81 bits per heavy atom. The number of rotatable bonds is 5. The molecule has 0 heterocycles. The molecule has 0 radical (unpaired) electrons. The molecule has 0 amide bonds. The fourth-order valence-electron chi connectivity index (χ4n) is 2.46. The first-order valence-electron chi connectivity index (χ1n) is 7.63. The Balaban J connectivity index is 2.35. The quantitative estimate of drug-likeness (QED) is 0.748. The number of hydrogen-bond acceptors (Lipinski definition) is 1. The smallest absolute Gasteiger partial charge is 0.0487 e. The molecule has 0 aliphatic heterocycles. The number of benzene rings is 2. The zero-order valence-electron chi connectivity index (χ0n) is 13.3. The highest BCUT2D eigenvalue weighted by Crippen LogP contribution is 2.31. The van der Waals surface area contributed by atoms with E-state index in [0.717, 1.165) is 23.6 Å². The normalized spacial score (nSPS) is 12.4. The van der Waals surface area contributed by atoms with E-state index in [9.17, 15) is 0 Å². The maximum absolute atomic E-state index is 6.44. The third kappa shape index (κ3) is 3.87. The van der Waals surface area contributed by atoms with Gasteiger partial charge in [-0.2, -0.15) is 0 Å². The summed E-state index contributed by atoms with van der Waals surface area (Å²) in [5.41, 5.74) is 6.11. The SMILES string of the molecule is CCCNC(C)c1cccc(-c2cc(C)c(C)cc2Cl)c1. The Bertz CT molecular complexity index is 619. The Morgan fingerprint density at radius 1 is 1.10 bits per heavy atom. The van der Waals surface area contributed by atoms with Crippen molar-refractivity contribution in [1.29, 1.82) is 0 Å². The largest absolute Gasteiger partial charge is 0.310 e. The van der Waals surface area contributed by atoms with Gasteiger partial charge in [0.15, 0.2) is 0 Å². The van der Waals surface area contributed by atoms with Crippen molar-refractivity contribution in [3.8, 4) is 11.1 Å². The van der Waals surface area contributed by atoms with Crippen molar-refractivity contribution in [2.45, 2.75) is 40.2 Å². The van der Waals surface area contributed by atoms with E-state index in [1.165, 1.54) is 22.3 Å². The zero-order chi connectivity index (χ0) is 15.4. The van der Waals surface area contributed by atoms with Crippen molar-refractivity contribution >= 4 is 11.6 Å². The third-order valence-corrected chi connectivity index (χ3v) is 4.29. The minimum absolute atomic E-state index is 0.357. The molecule has 0 aliphatic carbocycles. The van der Waals surface area contributed by atoms with Gasteiger partial charge in [-0.05, 0) is 74.2 Å². The lowest BCUT2D eigenvalue weighted by atomic mass is 9.97. The van der Waals surface area contributed by atoms with Gasteiger partial charge in [-0.15, -0.1) is 0 Å². The van der Waals surface area contributed by atoms with Crippen LogP contribution >= 0.6 is 11.6 Å². The van der Waals surface area contributed by atoms with E-state index in [1.54, 1.807) is 0 Å². The summed E-state index contributed by atoms with van der Waals surface area (Å²) in [4.78, 5) is 0. The summed E-state index contributed by atoms with van der Waals surface area (Å²) in [6.07, 6.45) is 1.15. The molecule has 1 unspecified atom stereocenters. The first-order valence-corrected chi connectivity index (χ1v) is 8.01. The highest BCUT2D eigenvalue weighted by Gasteiger charge is 2.09. The van der Waals surface area contributed by atoms with Crippen LogP contribution in [0.3, 0.4) is 0 Å². The summed E-state index contributed by atoms with van der Waals surface area (Å²) in [5, 5.41) is 4.35. The molecule has 1 atom stereocenters. The first kappa shape index (κ1) is 16.1. The molecule has 0 spiro atoms. The third-order valence-electron chi connectivity index (χ3n) is 3.98. The maximum Gasteiger partial charge on any atom is 0.0487 e. The van der Waals surface area contributed by atoms with Crippen molar-refractivity contribution in [2.75, 3.05) is 6.54 Å². The van der Waals surface area contributed by atoms with E-state index in [4.69, 9.17) is 11.6 Å². The zero-order valence-corrected chi connectivity index (χ0v) is 14.1.